The molecule has 0 amide bonds. The standard InChI is InChI=1S/C27H24FN3O3/c1-16-24(30-13-18-7-3-4-8-19(18)14-30)12-25-22(11-20(28)15-31(25)26(16)32)17(2)29-23-10-6-5-9-21(23)27(33)34/h3-12,15,17,29H,13-14H2,1-2H3,(H,33,34)/t17-/m1/s1. The average molecular weight is 458 g/mol. The molecule has 0 spiro atoms. The van der Waals surface area contributed by atoms with E-state index in [2.05, 4.69) is 22.3 Å². The molecular weight excluding hydrogens is 433 g/mol. The number of nitrogens with one attached hydrogen (secondary N) is 1. The Kier molecular flexibility index (Phi) is 5.32. The van der Waals surface area contributed by atoms with Gasteiger partial charge in [0.2, 0.25) is 0 Å². The summed E-state index contributed by atoms with van der Waals surface area (Å²) in [5.74, 6) is -1.59. The smallest absolute Gasteiger partial charge is 0.337 e. The van der Waals surface area contributed by atoms with Gasteiger partial charge >= 0.3 is 5.97 Å². The number of para-hydroxylation sites is 1. The van der Waals surface area contributed by atoms with Gasteiger partial charge < -0.3 is 15.3 Å². The molecule has 0 fully saturated rings. The molecule has 2 aromatic carbocycles. The van der Waals surface area contributed by atoms with Crippen molar-refractivity contribution in [2.24, 2.45) is 0 Å². The van der Waals surface area contributed by atoms with Gasteiger partial charge in [-0.3, -0.25) is 9.20 Å². The van der Waals surface area contributed by atoms with Crippen LogP contribution in [0.3, 0.4) is 0 Å². The number of aromatic carboxylic acids is 1. The average Bonchev–Trinajstić information content (AvgIpc) is 3.25. The number of carbonyl (C=O) groups is 1. The van der Waals surface area contributed by atoms with Gasteiger partial charge in [0.25, 0.3) is 5.56 Å². The van der Waals surface area contributed by atoms with Crippen LogP contribution in [0.1, 0.15) is 45.6 Å². The monoisotopic (exact) mass is 457 g/mol. The number of carboxylic acids is 1. The van der Waals surface area contributed by atoms with Crippen LogP contribution >= 0.6 is 0 Å². The van der Waals surface area contributed by atoms with Crippen LogP contribution in [-0.4, -0.2) is 15.5 Å². The number of anilines is 2. The molecule has 1 aliphatic rings. The van der Waals surface area contributed by atoms with Crippen molar-refractivity contribution in [1.82, 2.24) is 4.40 Å². The van der Waals surface area contributed by atoms with E-state index in [4.69, 9.17) is 0 Å². The fraction of sp³-hybridized carbons (Fsp3) is 0.185. The van der Waals surface area contributed by atoms with E-state index in [0.717, 1.165) is 5.69 Å². The molecule has 0 unspecified atom stereocenters. The quantitative estimate of drug-likeness (QED) is 0.434. The van der Waals surface area contributed by atoms with Crippen LogP contribution < -0.4 is 15.8 Å². The summed E-state index contributed by atoms with van der Waals surface area (Å²) < 4.78 is 15.9. The lowest BCUT2D eigenvalue weighted by molar-refractivity contribution is 0.0698. The summed E-state index contributed by atoms with van der Waals surface area (Å²) in [4.78, 5) is 27.1. The fourth-order valence-electron chi connectivity index (χ4n) is 4.73. The van der Waals surface area contributed by atoms with Gasteiger partial charge in [-0.2, -0.15) is 0 Å². The predicted octanol–water partition coefficient (Wildman–Crippen LogP) is 5.14. The third-order valence-electron chi connectivity index (χ3n) is 6.48. The SMILES string of the molecule is Cc1c(N2Cc3ccccc3C2)cc2c([C@@H](C)Nc3ccccc3C(=O)O)cc(F)cn2c1=O. The topological polar surface area (TPSA) is 74.1 Å². The van der Waals surface area contributed by atoms with E-state index in [-0.39, 0.29) is 11.1 Å². The number of carboxylic acid groups (broad SMARTS) is 1. The van der Waals surface area contributed by atoms with Crippen molar-refractivity contribution in [1.29, 1.82) is 0 Å². The number of nitrogens with zero attached hydrogens (tertiary/aromatic N) is 2. The van der Waals surface area contributed by atoms with Crippen LogP contribution in [0, 0.1) is 12.7 Å². The maximum atomic E-state index is 14.6. The van der Waals surface area contributed by atoms with Crippen molar-refractivity contribution in [3.05, 3.63) is 111 Å². The van der Waals surface area contributed by atoms with Crippen LogP contribution in [0.25, 0.3) is 5.52 Å². The summed E-state index contributed by atoms with van der Waals surface area (Å²) in [7, 11) is 0. The molecule has 2 N–H and O–H groups in total. The summed E-state index contributed by atoms with van der Waals surface area (Å²) in [5, 5.41) is 12.7. The first kappa shape index (κ1) is 21.7. The van der Waals surface area contributed by atoms with Gasteiger partial charge in [-0.1, -0.05) is 36.4 Å². The molecule has 2 aromatic heterocycles. The maximum absolute atomic E-state index is 14.6. The van der Waals surface area contributed by atoms with E-state index >= 15 is 0 Å². The Morgan fingerprint density at radius 1 is 1.06 bits per heavy atom. The van der Waals surface area contributed by atoms with E-state index < -0.39 is 17.8 Å². The second-order valence-corrected chi connectivity index (χ2v) is 8.67. The molecule has 172 valence electrons. The highest BCUT2D eigenvalue weighted by Gasteiger charge is 2.23. The summed E-state index contributed by atoms with van der Waals surface area (Å²) in [6, 6.07) is 17.6. The Hall–Kier alpha value is -4.13. The summed E-state index contributed by atoms with van der Waals surface area (Å²) >= 11 is 0. The van der Waals surface area contributed by atoms with Crippen LogP contribution in [0.5, 0.6) is 0 Å². The van der Waals surface area contributed by atoms with Crippen LogP contribution in [0.2, 0.25) is 0 Å². The largest absolute Gasteiger partial charge is 0.478 e. The molecule has 0 radical (unpaired) electrons. The Balaban J connectivity index is 1.60. The highest BCUT2D eigenvalue weighted by Crippen LogP contribution is 2.32. The third-order valence-corrected chi connectivity index (χ3v) is 6.48. The van der Waals surface area contributed by atoms with Crippen molar-refractivity contribution in [3.63, 3.8) is 0 Å². The van der Waals surface area contributed by atoms with Gasteiger partial charge in [0.1, 0.15) is 5.82 Å². The molecule has 3 heterocycles. The number of hydrogen-bond acceptors (Lipinski definition) is 4. The van der Waals surface area contributed by atoms with E-state index in [1.807, 2.05) is 25.1 Å². The van der Waals surface area contributed by atoms with Crippen LogP contribution in [0.4, 0.5) is 15.8 Å². The molecule has 1 atom stereocenters. The number of aromatic nitrogens is 1. The molecule has 0 saturated heterocycles. The zero-order valence-corrected chi connectivity index (χ0v) is 18.9. The van der Waals surface area contributed by atoms with Gasteiger partial charge in [-0.15, -0.1) is 0 Å². The normalized spacial score (nSPS) is 13.7. The lowest BCUT2D eigenvalue weighted by atomic mass is 10.0. The molecule has 7 heteroatoms. The van der Waals surface area contributed by atoms with Gasteiger partial charge in [-0.25, -0.2) is 9.18 Å². The number of fused-ring (bicyclic) bond motifs is 2. The van der Waals surface area contributed by atoms with E-state index in [0.29, 0.717) is 35.4 Å². The molecule has 5 rings (SSSR count). The summed E-state index contributed by atoms with van der Waals surface area (Å²) in [5.41, 5.74) is 5.23. The Labute approximate surface area is 195 Å². The molecule has 1 aliphatic heterocycles. The van der Waals surface area contributed by atoms with Crippen molar-refractivity contribution in [3.8, 4) is 0 Å². The lowest BCUT2D eigenvalue weighted by Crippen LogP contribution is -2.25. The highest BCUT2D eigenvalue weighted by molar-refractivity contribution is 5.94. The van der Waals surface area contributed by atoms with Crippen molar-refractivity contribution < 1.29 is 14.3 Å². The molecule has 6 nitrogen and oxygen atoms in total. The van der Waals surface area contributed by atoms with Crippen LogP contribution in [-0.2, 0) is 13.1 Å². The van der Waals surface area contributed by atoms with Gasteiger partial charge in [0.15, 0.2) is 0 Å². The van der Waals surface area contributed by atoms with Gasteiger partial charge in [0.05, 0.1) is 17.1 Å². The Morgan fingerprint density at radius 2 is 1.71 bits per heavy atom. The zero-order chi connectivity index (χ0) is 24.0. The molecule has 4 aromatic rings. The number of hydrogen-bond donors (Lipinski definition) is 2. The second-order valence-electron chi connectivity index (χ2n) is 8.67. The first-order valence-corrected chi connectivity index (χ1v) is 11.1. The number of rotatable bonds is 5. The van der Waals surface area contributed by atoms with Crippen molar-refractivity contribution >= 4 is 22.9 Å². The highest BCUT2D eigenvalue weighted by atomic mass is 19.1. The number of halogens is 1. The van der Waals surface area contributed by atoms with Crippen LogP contribution in [0.15, 0.2) is 71.7 Å². The molecule has 0 bridgehead atoms. The lowest BCUT2D eigenvalue weighted by Gasteiger charge is -2.23. The summed E-state index contributed by atoms with van der Waals surface area (Å²) in [6.07, 6.45) is 1.20. The predicted molar refractivity (Wildman–Crippen MR) is 130 cm³/mol. The van der Waals surface area contributed by atoms with Gasteiger partial charge in [0, 0.05) is 41.8 Å². The molecular formula is C27H24FN3O3. The van der Waals surface area contributed by atoms with Crippen molar-refractivity contribution in [2.75, 3.05) is 10.2 Å². The minimum atomic E-state index is -1.05. The van der Waals surface area contributed by atoms with E-state index in [1.54, 1.807) is 25.1 Å². The molecule has 0 saturated carbocycles. The fourth-order valence-corrected chi connectivity index (χ4v) is 4.73. The number of benzene rings is 2. The minimum absolute atomic E-state index is 0.124. The second kappa shape index (κ2) is 8.33. The summed E-state index contributed by atoms with van der Waals surface area (Å²) in [6.45, 7) is 4.98. The minimum Gasteiger partial charge on any atom is -0.478 e. The first-order valence-electron chi connectivity index (χ1n) is 11.1. The zero-order valence-electron chi connectivity index (χ0n) is 18.9. The maximum Gasteiger partial charge on any atom is 0.337 e. The molecule has 0 aliphatic carbocycles. The molecule has 34 heavy (non-hydrogen) atoms. The third kappa shape index (κ3) is 3.69. The Bertz CT molecular complexity index is 1470. The first-order chi connectivity index (χ1) is 16.3. The van der Waals surface area contributed by atoms with Gasteiger partial charge in [-0.05, 0) is 49.2 Å². The van der Waals surface area contributed by atoms with Crippen molar-refractivity contribution in [2.45, 2.75) is 33.0 Å². The van der Waals surface area contributed by atoms with E-state index in [1.165, 1.54) is 33.9 Å². The number of pyridine rings is 2. The Morgan fingerprint density at radius 3 is 2.38 bits per heavy atom. The van der Waals surface area contributed by atoms with E-state index in [9.17, 15) is 19.1 Å².